The Morgan fingerprint density at radius 3 is 2.81 bits per heavy atom. The zero-order valence-corrected chi connectivity index (χ0v) is 15.5. The van der Waals surface area contributed by atoms with Crippen molar-refractivity contribution >= 4 is 29.9 Å². The Bertz CT molecular complexity index is 446. The number of nitrogens with one attached hydrogen (secondary N) is 2. The monoisotopic (exact) mass is 407 g/mol. The smallest absolute Gasteiger partial charge is 0.191 e. The van der Waals surface area contributed by atoms with Crippen molar-refractivity contribution in [3.05, 3.63) is 18.7 Å². The van der Waals surface area contributed by atoms with Gasteiger partial charge in [-0.1, -0.05) is 13.8 Å². The summed E-state index contributed by atoms with van der Waals surface area (Å²) in [5.41, 5.74) is 0.136. The SMILES string of the molecule is CN=C(NCCn1ccnc1)NC1CC(OC)C1(C)C.I. The molecule has 1 aliphatic carbocycles. The van der Waals surface area contributed by atoms with E-state index in [0.717, 1.165) is 25.5 Å². The predicted molar refractivity (Wildman–Crippen MR) is 95.1 cm³/mol. The van der Waals surface area contributed by atoms with Crippen molar-refractivity contribution in [3.63, 3.8) is 0 Å². The Hall–Kier alpha value is -0.830. The molecule has 0 radical (unpaired) electrons. The number of hydrogen-bond donors (Lipinski definition) is 2. The quantitative estimate of drug-likeness (QED) is 0.441. The molecule has 0 saturated heterocycles. The minimum Gasteiger partial charge on any atom is -0.381 e. The van der Waals surface area contributed by atoms with Crippen molar-refractivity contribution < 1.29 is 4.74 Å². The number of halogens is 1. The minimum absolute atomic E-state index is 0. The molecule has 0 spiro atoms. The standard InChI is InChI=1S/C14H25N5O.HI/c1-14(2)11(9-12(14)20-4)18-13(15-3)17-6-8-19-7-5-16-10-19;/h5,7,10-12H,6,8-9H2,1-4H3,(H2,15,17,18);1H. The van der Waals surface area contributed by atoms with Gasteiger partial charge in [-0.05, 0) is 6.42 Å². The van der Waals surface area contributed by atoms with Crippen LogP contribution in [0.5, 0.6) is 0 Å². The van der Waals surface area contributed by atoms with Gasteiger partial charge in [0.2, 0.25) is 0 Å². The maximum Gasteiger partial charge on any atom is 0.191 e. The van der Waals surface area contributed by atoms with E-state index >= 15 is 0 Å². The summed E-state index contributed by atoms with van der Waals surface area (Å²) in [4.78, 5) is 8.30. The molecular formula is C14H26IN5O. The van der Waals surface area contributed by atoms with Crippen LogP contribution in [0.4, 0.5) is 0 Å². The number of aromatic nitrogens is 2. The fraction of sp³-hybridized carbons (Fsp3) is 0.714. The van der Waals surface area contributed by atoms with Gasteiger partial charge in [0, 0.05) is 51.1 Å². The second kappa shape index (κ2) is 7.98. The largest absolute Gasteiger partial charge is 0.381 e. The zero-order chi connectivity index (χ0) is 14.6. The molecule has 1 aliphatic rings. The molecule has 21 heavy (non-hydrogen) atoms. The number of hydrogen-bond acceptors (Lipinski definition) is 3. The van der Waals surface area contributed by atoms with Crippen LogP contribution in [0.15, 0.2) is 23.7 Å². The number of ether oxygens (including phenoxy) is 1. The van der Waals surface area contributed by atoms with Crippen LogP contribution in [0, 0.1) is 5.41 Å². The molecule has 1 fully saturated rings. The third kappa shape index (κ3) is 4.32. The summed E-state index contributed by atoms with van der Waals surface area (Å²) in [7, 11) is 3.58. The van der Waals surface area contributed by atoms with Crippen LogP contribution < -0.4 is 10.6 Å². The van der Waals surface area contributed by atoms with Gasteiger partial charge in [0.1, 0.15) is 0 Å². The molecule has 6 nitrogen and oxygen atoms in total. The normalized spacial score (nSPS) is 23.9. The Morgan fingerprint density at radius 1 is 1.52 bits per heavy atom. The van der Waals surface area contributed by atoms with Crippen LogP contribution in [-0.2, 0) is 11.3 Å². The van der Waals surface area contributed by atoms with Crippen LogP contribution in [0.2, 0.25) is 0 Å². The van der Waals surface area contributed by atoms with E-state index < -0.39 is 0 Å². The summed E-state index contributed by atoms with van der Waals surface area (Å²) >= 11 is 0. The molecule has 0 aliphatic heterocycles. The Morgan fingerprint density at radius 2 is 2.29 bits per heavy atom. The summed E-state index contributed by atoms with van der Waals surface area (Å²) in [5.74, 6) is 0.845. The van der Waals surface area contributed by atoms with Crippen LogP contribution in [0.1, 0.15) is 20.3 Å². The van der Waals surface area contributed by atoms with E-state index in [4.69, 9.17) is 4.74 Å². The first-order valence-electron chi connectivity index (χ1n) is 7.03. The number of guanidine groups is 1. The average molecular weight is 407 g/mol. The number of methoxy groups -OCH3 is 1. The van der Waals surface area contributed by atoms with Crippen LogP contribution in [-0.4, -0.2) is 48.4 Å². The summed E-state index contributed by atoms with van der Waals surface area (Å²) in [6.07, 6.45) is 6.90. The summed E-state index contributed by atoms with van der Waals surface area (Å²) < 4.78 is 7.50. The molecule has 0 amide bonds. The van der Waals surface area contributed by atoms with Crippen molar-refractivity contribution in [2.75, 3.05) is 20.7 Å². The first-order valence-corrected chi connectivity index (χ1v) is 7.03. The summed E-state index contributed by atoms with van der Waals surface area (Å²) in [6, 6.07) is 0.395. The van der Waals surface area contributed by atoms with Gasteiger partial charge in [-0.15, -0.1) is 24.0 Å². The van der Waals surface area contributed by atoms with E-state index in [2.05, 4.69) is 34.5 Å². The van der Waals surface area contributed by atoms with E-state index in [9.17, 15) is 0 Å². The van der Waals surface area contributed by atoms with Crippen molar-refractivity contribution in [1.29, 1.82) is 0 Å². The molecule has 120 valence electrons. The number of imidazole rings is 1. The minimum atomic E-state index is 0. The Kier molecular flexibility index (Phi) is 6.92. The third-order valence-corrected chi connectivity index (χ3v) is 4.22. The molecule has 1 saturated carbocycles. The molecule has 7 heteroatoms. The molecule has 2 N–H and O–H groups in total. The molecule has 2 rings (SSSR count). The molecule has 1 heterocycles. The zero-order valence-electron chi connectivity index (χ0n) is 13.2. The molecule has 2 unspecified atom stereocenters. The van der Waals surface area contributed by atoms with Gasteiger partial charge in [-0.2, -0.15) is 0 Å². The van der Waals surface area contributed by atoms with Gasteiger partial charge in [0.05, 0.1) is 12.4 Å². The van der Waals surface area contributed by atoms with Crippen molar-refractivity contribution in [1.82, 2.24) is 20.2 Å². The lowest BCUT2D eigenvalue weighted by atomic mass is 9.64. The van der Waals surface area contributed by atoms with E-state index in [-0.39, 0.29) is 29.4 Å². The van der Waals surface area contributed by atoms with E-state index in [1.807, 2.05) is 17.1 Å². The van der Waals surface area contributed by atoms with E-state index in [1.54, 1.807) is 20.4 Å². The molecule has 1 aromatic rings. The summed E-state index contributed by atoms with van der Waals surface area (Å²) in [6.45, 7) is 6.13. The van der Waals surface area contributed by atoms with Crippen LogP contribution in [0.25, 0.3) is 0 Å². The molecule has 0 bridgehead atoms. The topological polar surface area (TPSA) is 63.5 Å². The van der Waals surface area contributed by atoms with Gasteiger partial charge < -0.3 is 19.9 Å². The second-order valence-corrected chi connectivity index (χ2v) is 5.78. The van der Waals surface area contributed by atoms with Gasteiger partial charge in [0.25, 0.3) is 0 Å². The maximum atomic E-state index is 5.47. The summed E-state index contributed by atoms with van der Waals surface area (Å²) in [5, 5.41) is 6.80. The first kappa shape index (κ1) is 18.2. The molecular weight excluding hydrogens is 381 g/mol. The number of rotatable bonds is 5. The maximum absolute atomic E-state index is 5.47. The fourth-order valence-corrected chi connectivity index (χ4v) is 2.61. The number of aliphatic imine (C=N–C) groups is 1. The highest BCUT2D eigenvalue weighted by Gasteiger charge is 2.48. The van der Waals surface area contributed by atoms with Crippen molar-refractivity contribution in [2.24, 2.45) is 10.4 Å². The lowest BCUT2D eigenvalue weighted by molar-refractivity contribution is -0.0922. The first-order chi connectivity index (χ1) is 9.57. The van der Waals surface area contributed by atoms with Crippen LogP contribution >= 0.6 is 24.0 Å². The highest BCUT2D eigenvalue weighted by atomic mass is 127. The third-order valence-electron chi connectivity index (χ3n) is 4.22. The molecule has 1 aromatic heterocycles. The number of nitrogens with zero attached hydrogens (tertiary/aromatic N) is 3. The average Bonchev–Trinajstić information content (AvgIpc) is 2.94. The molecule has 0 aromatic carbocycles. The molecule has 2 atom stereocenters. The van der Waals surface area contributed by atoms with Gasteiger partial charge in [-0.25, -0.2) is 4.98 Å². The lowest BCUT2D eigenvalue weighted by Crippen LogP contribution is -2.63. The lowest BCUT2D eigenvalue weighted by Gasteiger charge is -2.51. The Labute approximate surface area is 143 Å². The van der Waals surface area contributed by atoms with Gasteiger partial charge in [0.15, 0.2) is 5.96 Å². The van der Waals surface area contributed by atoms with Crippen molar-refractivity contribution in [2.45, 2.75) is 39.0 Å². The van der Waals surface area contributed by atoms with E-state index in [0.29, 0.717) is 12.1 Å². The predicted octanol–water partition coefficient (Wildman–Crippen LogP) is 1.48. The fourth-order valence-electron chi connectivity index (χ4n) is 2.61. The van der Waals surface area contributed by atoms with Gasteiger partial charge in [-0.3, -0.25) is 4.99 Å². The second-order valence-electron chi connectivity index (χ2n) is 5.78. The van der Waals surface area contributed by atoms with Gasteiger partial charge >= 0.3 is 0 Å². The van der Waals surface area contributed by atoms with E-state index in [1.165, 1.54) is 0 Å². The highest BCUT2D eigenvalue weighted by molar-refractivity contribution is 14.0. The highest BCUT2D eigenvalue weighted by Crippen LogP contribution is 2.42. The van der Waals surface area contributed by atoms with Crippen LogP contribution in [0.3, 0.4) is 0 Å². The van der Waals surface area contributed by atoms with Crippen molar-refractivity contribution in [3.8, 4) is 0 Å². The Balaban J connectivity index is 0.00000220.